The van der Waals surface area contributed by atoms with E-state index in [0.29, 0.717) is 9.24 Å². The molecule has 0 aromatic heterocycles. The Hall–Kier alpha value is -0.470. The summed E-state index contributed by atoms with van der Waals surface area (Å²) >= 11 is 0. The molecule has 54 valence electrons. The van der Waals surface area contributed by atoms with Crippen LogP contribution in [0.3, 0.4) is 0 Å². The van der Waals surface area contributed by atoms with E-state index in [9.17, 15) is 9.59 Å². The van der Waals surface area contributed by atoms with Crippen LogP contribution in [0.5, 0.6) is 0 Å². The minimum atomic E-state index is -1.02. The number of aliphatic carboxylic acids is 1. The Morgan fingerprint density at radius 1 is 1.67 bits per heavy atom. The van der Waals surface area contributed by atoms with Crippen LogP contribution in [0.4, 0.5) is 0 Å². The second-order valence-corrected chi connectivity index (χ2v) is 2.80. The van der Waals surface area contributed by atoms with Gasteiger partial charge in [-0.2, -0.15) is 0 Å². The van der Waals surface area contributed by atoms with E-state index in [0.717, 1.165) is 0 Å². The van der Waals surface area contributed by atoms with Crippen molar-refractivity contribution < 1.29 is 14.7 Å². The van der Waals surface area contributed by atoms with E-state index in [1.165, 1.54) is 0 Å². The van der Waals surface area contributed by atoms with Crippen molar-refractivity contribution in [3.05, 3.63) is 0 Å². The molecule has 0 bridgehead atoms. The SMILES string of the molecule is N[C@@H](CC(=O)O)C(=O)[PH4]. The predicted molar refractivity (Wildman–Crippen MR) is 37.7 cm³/mol. The molecule has 0 aliphatic rings. The molecule has 0 saturated heterocycles. The molecule has 0 aliphatic heterocycles. The van der Waals surface area contributed by atoms with E-state index in [4.69, 9.17) is 10.8 Å². The van der Waals surface area contributed by atoms with Gasteiger partial charge in [0.2, 0.25) is 0 Å². The summed E-state index contributed by atoms with van der Waals surface area (Å²) in [6.45, 7) is 0. The zero-order chi connectivity index (χ0) is 7.44. The first-order valence-corrected chi connectivity index (χ1v) is 3.52. The number of carbonyl (C=O) groups excluding carboxylic acids is 1. The van der Waals surface area contributed by atoms with Crippen molar-refractivity contribution in [2.75, 3.05) is 0 Å². The van der Waals surface area contributed by atoms with Crippen molar-refractivity contribution in [3.63, 3.8) is 0 Å². The van der Waals surface area contributed by atoms with Gasteiger partial charge in [0, 0.05) is 0 Å². The van der Waals surface area contributed by atoms with Crippen LogP contribution in [0.15, 0.2) is 0 Å². The fraction of sp³-hybridized carbons (Fsp3) is 0.500. The number of carboxylic acid groups (broad SMARTS) is 1. The Morgan fingerprint density at radius 3 is 2.22 bits per heavy atom. The fourth-order valence-corrected chi connectivity index (χ4v) is 0.536. The Bertz CT molecular complexity index is 136. The molecule has 5 heteroatoms. The molecule has 0 unspecified atom stereocenters. The molecule has 0 aromatic rings. The van der Waals surface area contributed by atoms with Crippen LogP contribution in [-0.2, 0) is 9.59 Å². The van der Waals surface area contributed by atoms with Crippen molar-refractivity contribution in [3.8, 4) is 0 Å². The molecule has 0 amide bonds. The van der Waals surface area contributed by atoms with E-state index < -0.39 is 12.0 Å². The monoisotopic (exact) mass is 151 g/mol. The molecule has 0 rings (SSSR count). The van der Waals surface area contributed by atoms with Crippen LogP contribution < -0.4 is 5.73 Å². The topological polar surface area (TPSA) is 80.4 Å². The maximum absolute atomic E-state index is 10.4. The quantitative estimate of drug-likeness (QED) is 0.489. The average Bonchev–Trinajstić information content (AvgIpc) is 1.63. The summed E-state index contributed by atoms with van der Waals surface area (Å²) in [5.41, 5.74) is 4.97. The summed E-state index contributed by atoms with van der Waals surface area (Å²) in [5, 5.41) is 8.12. The molecule has 0 spiro atoms. The van der Waals surface area contributed by atoms with E-state index in [1.54, 1.807) is 0 Å². The molecule has 4 nitrogen and oxygen atoms in total. The van der Waals surface area contributed by atoms with Gasteiger partial charge >= 0.3 is 53.6 Å². The normalized spacial score (nSPS) is 12.8. The summed E-state index contributed by atoms with van der Waals surface area (Å²) in [6.07, 6.45) is -0.248. The summed E-state index contributed by atoms with van der Waals surface area (Å²) in [6, 6.07) is -0.783. The molecule has 1 atom stereocenters. The Balaban J connectivity index is 3.63. The van der Waals surface area contributed by atoms with Gasteiger partial charge in [0.25, 0.3) is 0 Å². The van der Waals surface area contributed by atoms with Crippen molar-refractivity contribution in [1.82, 2.24) is 0 Å². The van der Waals surface area contributed by atoms with Crippen molar-refractivity contribution in [1.29, 1.82) is 0 Å². The summed E-state index contributed by atoms with van der Waals surface area (Å²) in [7, 11) is 0.331. The molecule has 0 heterocycles. The molecule has 0 aliphatic carbocycles. The van der Waals surface area contributed by atoms with Gasteiger partial charge in [-0.25, -0.2) is 0 Å². The summed E-state index contributed by atoms with van der Waals surface area (Å²) in [5.74, 6) is -1.02. The van der Waals surface area contributed by atoms with Gasteiger partial charge in [0.05, 0.1) is 0 Å². The van der Waals surface area contributed by atoms with Gasteiger partial charge in [0.15, 0.2) is 0 Å². The van der Waals surface area contributed by atoms with Crippen LogP contribution in [0, 0.1) is 0 Å². The van der Waals surface area contributed by atoms with Crippen LogP contribution in [0.25, 0.3) is 0 Å². The third-order valence-electron chi connectivity index (χ3n) is 0.917. The molecular weight excluding hydrogens is 141 g/mol. The summed E-state index contributed by atoms with van der Waals surface area (Å²) in [4.78, 5) is 20.2. The van der Waals surface area contributed by atoms with Gasteiger partial charge in [-0.3, -0.25) is 0 Å². The zero-order valence-electron chi connectivity index (χ0n) is 5.13. The third kappa shape index (κ3) is 4.06. The molecular formula is C4H10NO3P. The Labute approximate surface area is 54.6 Å². The second-order valence-electron chi connectivity index (χ2n) is 1.82. The van der Waals surface area contributed by atoms with Crippen molar-refractivity contribution in [2.24, 2.45) is 5.73 Å². The summed E-state index contributed by atoms with van der Waals surface area (Å²) < 4.78 is 0. The number of rotatable bonds is 3. The van der Waals surface area contributed by atoms with Crippen molar-refractivity contribution >= 4 is 20.7 Å². The Kier molecular flexibility index (Phi) is 3.35. The van der Waals surface area contributed by atoms with Gasteiger partial charge in [0.1, 0.15) is 0 Å². The van der Waals surface area contributed by atoms with Crippen LogP contribution >= 0.6 is 9.24 Å². The standard InChI is InChI=1S/C4H10NO3P/c5-2(4(8)9)1-3(6)7/h2H,1,5H2,9H4,(H,6,7)/t2-/m0/s1. The first-order valence-electron chi connectivity index (χ1n) is 2.52. The number of nitrogens with two attached hydrogens (primary N) is 1. The van der Waals surface area contributed by atoms with Crippen LogP contribution in [0.2, 0.25) is 0 Å². The third-order valence-corrected chi connectivity index (χ3v) is 1.66. The van der Waals surface area contributed by atoms with E-state index in [2.05, 4.69) is 0 Å². The molecule has 0 saturated carbocycles. The minimum absolute atomic E-state index is 0.155. The number of carboxylic acids is 1. The first kappa shape index (κ1) is 8.53. The predicted octanol–water partition coefficient (Wildman–Crippen LogP) is -1.35. The fourth-order valence-electron chi connectivity index (χ4n) is 0.332. The second kappa shape index (κ2) is 3.54. The van der Waals surface area contributed by atoms with E-state index >= 15 is 0 Å². The first-order chi connectivity index (χ1) is 4.04. The van der Waals surface area contributed by atoms with Gasteiger partial charge in [-0.1, -0.05) is 0 Å². The number of hydrogen-bond acceptors (Lipinski definition) is 3. The van der Waals surface area contributed by atoms with Crippen LogP contribution in [0.1, 0.15) is 6.42 Å². The molecule has 0 radical (unpaired) electrons. The van der Waals surface area contributed by atoms with Gasteiger partial charge in [-0.15, -0.1) is 0 Å². The number of hydrogen-bond donors (Lipinski definition) is 2. The van der Waals surface area contributed by atoms with Crippen molar-refractivity contribution in [2.45, 2.75) is 12.5 Å². The van der Waals surface area contributed by atoms with E-state index in [1.807, 2.05) is 0 Å². The molecule has 3 N–H and O–H groups in total. The average molecular weight is 151 g/mol. The molecule has 0 fully saturated rings. The van der Waals surface area contributed by atoms with Gasteiger partial charge < -0.3 is 0 Å². The Morgan fingerprint density at radius 2 is 2.11 bits per heavy atom. The zero-order valence-corrected chi connectivity index (χ0v) is 7.13. The number of carbonyl (C=O) groups is 2. The molecule has 0 aromatic carbocycles. The maximum atomic E-state index is 10.4. The van der Waals surface area contributed by atoms with Crippen LogP contribution in [-0.4, -0.2) is 22.6 Å². The van der Waals surface area contributed by atoms with Gasteiger partial charge in [-0.05, 0) is 0 Å². The molecule has 9 heavy (non-hydrogen) atoms. The van der Waals surface area contributed by atoms with E-state index in [-0.39, 0.29) is 11.9 Å².